The third-order valence-electron chi connectivity index (χ3n) is 3.42. The molecule has 1 fully saturated rings. The van der Waals surface area contributed by atoms with Crippen LogP contribution in [0.15, 0.2) is 0 Å². The Kier molecular flexibility index (Phi) is 2.42. The molecule has 98 valence electrons. The molecular weight excluding hydrogens is 256 g/mol. The summed E-state index contributed by atoms with van der Waals surface area (Å²) in [5.41, 5.74) is -0.870. The Bertz CT molecular complexity index is 534. The van der Waals surface area contributed by atoms with E-state index in [1.807, 2.05) is 0 Å². The lowest BCUT2D eigenvalue weighted by molar-refractivity contribution is -0.0135. The second-order valence-corrected chi connectivity index (χ2v) is 4.25. The smallest absolute Gasteiger partial charge is 0.197 e. The second kappa shape index (κ2) is 3.66. The van der Waals surface area contributed by atoms with Crippen LogP contribution in [0, 0.1) is 23.3 Å². The Morgan fingerprint density at radius 3 is 1.94 bits per heavy atom. The fourth-order valence-electron chi connectivity index (χ4n) is 2.62. The molecule has 2 unspecified atom stereocenters. The Labute approximate surface area is 98.9 Å². The number of aliphatic hydroxyl groups excluding tert-OH is 1. The monoisotopic (exact) mass is 264 g/mol. The quantitative estimate of drug-likeness (QED) is 0.477. The molecule has 4 atom stereocenters. The largest absolute Gasteiger partial charge is 0.387 e. The van der Waals surface area contributed by atoms with Gasteiger partial charge in [0.2, 0.25) is 0 Å². The van der Waals surface area contributed by atoms with Gasteiger partial charge in [-0.05, 0) is 0 Å². The van der Waals surface area contributed by atoms with Crippen LogP contribution < -0.4 is 0 Å². The van der Waals surface area contributed by atoms with Crippen molar-refractivity contribution in [3.05, 3.63) is 34.4 Å². The highest BCUT2D eigenvalue weighted by atomic mass is 19.2. The van der Waals surface area contributed by atoms with Crippen LogP contribution in [0.3, 0.4) is 0 Å². The summed E-state index contributed by atoms with van der Waals surface area (Å²) in [4.78, 5) is 0. The van der Waals surface area contributed by atoms with Gasteiger partial charge in [0, 0.05) is 18.2 Å². The minimum atomic E-state index is -1.90. The van der Waals surface area contributed by atoms with Crippen molar-refractivity contribution in [2.45, 2.75) is 24.4 Å². The van der Waals surface area contributed by atoms with Crippen molar-refractivity contribution < 1.29 is 32.1 Å². The zero-order valence-electron chi connectivity index (χ0n) is 9.08. The van der Waals surface area contributed by atoms with E-state index in [0.717, 1.165) is 0 Å². The average Bonchev–Trinajstić information content (AvgIpc) is 2.88. The van der Waals surface area contributed by atoms with Crippen LogP contribution in [0.2, 0.25) is 0 Å². The van der Waals surface area contributed by atoms with Crippen LogP contribution in [-0.4, -0.2) is 24.4 Å². The van der Waals surface area contributed by atoms with Crippen LogP contribution >= 0.6 is 0 Å². The number of rotatable bonds is 1. The van der Waals surface area contributed by atoms with Crippen molar-refractivity contribution >= 4 is 0 Å². The second-order valence-electron chi connectivity index (χ2n) is 4.25. The number of fused-ring (bicyclic) bond motifs is 5. The highest BCUT2D eigenvalue weighted by Gasteiger charge is 2.56. The van der Waals surface area contributed by atoms with Gasteiger partial charge in [-0.25, -0.2) is 17.6 Å². The molecule has 18 heavy (non-hydrogen) atoms. The van der Waals surface area contributed by atoms with Gasteiger partial charge in [-0.3, -0.25) is 0 Å². The maximum Gasteiger partial charge on any atom is 0.197 e. The minimum absolute atomic E-state index is 0.409. The van der Waals surface area contributed by atoms with Crippen molar-refractivity contribution in [2.75, 3.05) is 7.11 Å². The molecule has 7 heteroatoms. The van der Waals surface area contributed by atoms with Gasteiger partial charge in [-0.15, -0.1) is 0 Å². The van der Waals surface area contributed by atoms with E-state index in [2.05, 4.69) is 0 Å². The van der Waals surface area contributed by atoms with Crippen LogP contribution in [0.4, 0.5) is 17.6 Å². The summed E-state index contributed by atoms with van der Waals surface area (Å²) in [5, 5.41) is 9.75. The van der Waals surface area contributed by atoms with Gasteiger partial charge in [0.15, 0.2) is 23.3 Å². The van der Waals surface area contributed by atoms with E-state index in [0.29, 0.717) is 0 Å². The van der Waals surface area contributed by atoms with Crippen molar-refractivity contribution in [3.63, 3.8) is 0 Å². The molecular formula is C11H8F4O3. The molecule has 2 aliphatic rings. The predicted molar refractivity (Wildman–Crippen MR) is 49.6 cm³/mol. The third kappa shape index (κ3) is 1.19. The molecule has 2 heterocycles. The van der Waals surface area contributed by atoms with Crippen LogP contribution in [-0.2, 0) is 9.47 Å². The zero-order chi connectivity index (χ0) is 13.2. The summed E-state index contributed by atoms with van der Waals surface area (Å²) in [6, 6.07) is 0. The summed E-state index contributed by atoms with van der Waals surface area (Å²) in [6.07, 6.45) is -4.54. The zero-order valence-corrected chi connectivity index (χ0v) is 9.08. The SMILES string of the molecule is CO[C@H]1C(O)C2O[C@H]1c1c(F)c(F)c(F)c(F)c12. The molecule has 0 saturated carbocycles. The van der Waals surface area contributed by atoms with Gasteiger partial charge in [-0.2, -0.15) is 0 Å². The van der Waals surface area contributed by atoms with E-state index in [4.69, 9.17) is 9.47 Å². The van der Waals surface area contributed by atoms with E-state index >= 15 is 0 Å². The number of hydrogen-bond donors (Lipinski definition) is 1. The molecule has 0 spiro atoms. The van der Waals surface area contributed by atoms with Gasteiger partial charge < -0.3 is 14.6 Å². The molecule has 0 radical (unpaired) electrons. The minimum Gasteiger partial charge on any atom is -0.387 e. The fraction of sp³-hybridized carbons (Fsp3) is 0.455. The fourth-order valence-corrected chi connectivity index (χ4v) is 2.62. The molecule has 0 amide bonds. The summed E-state index contributed by atoms with van der Waals surface area (Å²) >= 11 is 0. The van der Waals surface area contributed by atoms with Crippen molar-refractivity contribution in [3.8, 4) is 0 Å². The summed E-state index contributed by atoms with van der Waals surface area (Å²) in [5.74, 6) is -6.80. The van der Waals surface area contributed by atoms with E-state index in [1.54, 1.807) is 0 Å². The van der Waals surface area contributed by atoms with Crippen molar-refractivity contribution in [2.24, 2.45) is 0 Å². The molecule has 2 bridgehead atoms. The number of halogens is 4. The lowest BCUT2D eigenvalue weighted by Gasteiger charge is -2.25. The summed E-state index contributed by atoms with van der Waals surface area (Å²) < 4.78 is 63.5. The topological polar surface area (TPSA) is 38.7 Å². The van der Waals surface area contributed by atoms with E-state index in [1.165, 1.54) is 7.11 Å². The number of methoxy groups -OCH3 is 1. The summed E-state index contributed by atoms with van der Waals surface area (Å²) in [7, 11) is 1.26. The maximum atomic E-state index is 13.6. The Morgan fingerprint density at radius 2 is 1.44 bits per heavy atom. The van der Waals surface area contributed by atoms with Crippen LogP contribution in [0.1, 0.15) is 23.3 Å². The van der Waals surface area contributed by atoms with E-state index in [-0.39, 0.29) is 0 Å². The number of aliphatic hydroxyl groups is 1. The van der Waals surface area contributed by atoms with Gasteiger partial charge in [-0.1, -0.05) is 0 Å². The lowest BCUT2D eigenvalue weighted by Crippen LogP contribution is -2.34. The van der Waals surface area contributed by atoms with Crippen LogP contribution in [0.25, 0.3) is 0 Å². The third-order valence-corrected chi connectivity index (χ3v) is 3.42. The average molecular weight is 264 g/mol. The highest BCUT2D eigenvalue weighted by molar-refractivity contribution is 5.43. The van der Waals surface area contributed by atoms with E-state index < -0.39 is 58.8 Å². The normalized spacial score (nSPS) is 33.0. The molecule has 1 aromatic carbocycles. The molecule has 0 aromatic heterocycles. The molecule has 3 nitrogen and oxygen atoms in total. The maximum absolute atomic E-state index is 13.6. The van der Waals surface area contributed by atoms with Crippen molar-refractivity contribution in [1.82, 2.24) is 0 Å². The van der Waals surface area contributed by atoms with Crippen molar-refractivity contribution in [1.29, 1.82) is 0 Å². The van der Waals surface area contributed by atoms with Gasteiger partial charge in [0.25, 0.3) is 0 Å². The first-order valence-electron chi connectivity index (χ1n) is 5.21. The van der Waals surface area contributed by atoms with Crippen LogP contribution in [0.5, 0.6) is 0 Å². The number of benzene rings is 1. The molecule has 1 saturated heterocycles. The number of hydrogen-bond acceptors (Lipinski definition) is 3. The Hall–Kier alpha value is -1.18. The highest BCUT2D eigenvalue weighted by Crippen LogP contribution is 2.54. The standard InChI is InChI=1S/C11H8F4O3/c1-17-11-8(16)9-2-3(10(11)18-9)5(13)7(15)6(14)4(2)12/h8-11,16H,1H3/t8?,9?,10-,11-/m0/s1. The van der Waals surface area contributed by atoms with Gasteiger partial charge >= 0.3 is 0 Å². The van der Waals surface area contributed by atoms with Gasteiger partial charge in [0.1, 0.15) is 24.4 Å². The first kappa shape index (κ1) is 11.9. The molecule has 2 aliphatic heterocycles. The summed E-state index contributed by atoms with van der Waals surface area (Å²) in [6.45, 7) is 0. The molecule has 1 N–H and O–H groups in total. The Balaban J connectivity index is 2.26. The predicted octanol–water partition coefficient (Wildman–Crippen LogP) is 1.74. The Morgan fingerprint density at radius 1 is 0.944 bits per heavy atom. The van der Waals surface area contributed by atoms with E-state index in [9.17, 15) is 22.7 Å². The first-order chi connectivity index (χ1) is 8.49. The lowest BCUT2D eigenvalue weighted by atomic mass is 9.86. The molecule has 1 aromatic rings. The van der Waals surface area contributed by atoms with Gasteiger partial charge in [0.05, 0.1) is 0 Å². The molecule has 3 rings (SSSR count). The number of ether oxygens (including phenoxy) is 2. The molecule has 0 aliphatic carbocycles. The first-order valence-corrected chi connectivity index (χ1v) is 5.21.